The average molecular weight is 438 g/mol. The molecule has 154 valence electrons. The summed E-state index contributed by atoms with van der Waals surface area (Å²) in [6.07, 6.45) is 5.80. The monoisotopic (exact) mass is 437 g/mol. The van der Waals surface area contributed by atoms with Gasteiger partial charge in [0.2, 0.25) is 5.95 Å². The minimum Gasteiger partial charge on any atom is -0.358 e. The van der Waals surface area contributed by atoms with E-state index in [9.17, 15) is 0 Å². The van der Waals surface area contributed by atoms with Gasteiger partial charge in [-0.05, 0) is 55.4 Å². The average Bonchev–Trinajstić information content (AvgIpc) is 3.29. The van der Waals surface area contributed by atoms with Crippen LogP contribution >= 0.6 is 24.0 Å². The van der Waals surface area contributed by atoms with Crippen LogP contribution in [0.2, 0.25) is 0 Å². The predicted octanol–water partition coefficient (Wildman–Crippen LogP) is 3.81. The molecule has 7 nitrogen and oxygen atoms in total. The van der Waals surface area contributed by atoms with Gasteiger partial charge in [0.1, 0.15) is 10.8 Å². The maximum atomic E-state index is 5.46. The van der Waals surface area contributed by atoms with Crippen LogP contribution in [0.3, 0.4) is 0 Å². The summed E-state index contributed by atoms with van der Waals surface area (Å²) in [4.78, 5) is 20.1. The summed E-state index contributed by atoms with van der Waals surface area (Å²) < 4.78 is 0. The summed E-state index contributed by atoms with van der Waals surface area (Å²) in [7, 11) is 0. The molecular weight excluding hydrogens is 414 g/mol. The lowest BCUT2D eigenvalue weighted by molar-refractivity contribution is 0.900. The van der Waals surface area contributed by atoms with Crippen molar-refractivity contribution in [2.24, 2.45) is 0 Å². The molecule has 3 heterocycles. The van der Waals surface area contributed by atoms with Crippen LogP contribution < -0.4 is 15.5 Å². The van der Waals surface area contributed by atoms with Gasteiger partial charge >= 0.3 is 0 Å². The van der Waals surface area contributed by atoms with Crippen LogP contribution in [0, 0.1) is 6.92 Å². The third kappa shape index (κ3) is 5.64. The molecule has 1 fully saturated rings. The molecular formula is C21H23N7S2. The Balaban J connectivity index is 1.47. The Bertz CT molecular complexity index is 990. The van der Waals surface area contributed by atoms with Crippen molar-refractivity contribution < 1.29 is 0 Å². The molecule has 3 aromatic rings. The molecule has 2 aromatic heterocycles. The molecule has 0 atom stereocenters. The van der Waals surface area contributed by atoms with Gasteiger partial charge in [0.05, 0.1) is 0 Å². The lowest BCUT2D eigenvalue weighted by Gasteiger charge is -2.18. The molecule has 1 aromatic carbocycles. The minimum absolute atomic E-state index is 0.472. The molecule has 1 saturated heterocycles. The standard InChI is InChI=1S/C21H23N7S2/c1-15-5-7-16(8-6-15)14-24-20(29)27-19-25-17(28-11-2-3-12-28)13-18(26-19)30-21-22-9-4-10-23-21/h4-10,13H,2-3,11-12,14H2,1H3,(H2,24,25,26,27,29). The first-order valence-electron chi connectivity index (χ1n) is 9.85. The van der Waals surface area contributed by atoms with Crippen LogP contribution in [0.25, 0.3) is 0 Å². The highest BCUT2D eigenvalue weighted by molar-refractivity contribution is 7.99. The fourth-order valence-corrected chi connectivity index (χ4v) is 3.97. The molecule has 0 bridgehead atoms. The van der Waals surface area contributed by atoms with Gasteiger partial charge in [0.15, 0.2) is 10.3 Å². The van der Waals surface area contributed by atoms with Crippen molar-refractivity contribution in [2.75, 3.05) is 23.3 Å². The van der Waals surface area contributed by atoms with E-state index < -0.39 is 0 Å². The number of aromatic nitrogens is 4. The van der Waals surface area contributed by atoms with E-state index in [4.69, 9.17) is 12.2 Å². The van der Waals surface area contributed by atoms with Gasteiger partial charge in [-0.2, -0.15) is 4.98 Å². The second kappa shape index (κ2) is 9.82. The summed E-state index contributed by atoms with van der Waals surface area (Å²) in [5.74, 6) is 1.36. The van der Waals surface area contributed by atoms with Gasteiger partial charge in [-0.25, -0.2) is 15.0 Å². The van der Waals surface area contributed by atoms with E-state index in [0.717, 1.165) is 29.5 Å². The van der Waals surface area contributed by atoms with Crippen LogP contribution in [0.5, 0.6) is 0 Å². The second-order valence-corrected chi connectivity index (χ2v) is 8.40. The van der Waals surface area contributed by atoms with Crippen LogP contribution in [0.15, 0.2) is 59.0 Å². The van der Waals surface area contributed by atoms with E-state index in [2.05, 4.69) is 66.7 Å². The number of aryl methyl sites for hydroxylation is 1. The molecule has 0 aliphatic carbocycles. The quantitative estimate of drug-likeness (QED) is 0.340. The number of hydrogen-bond acceptors (Lipinski definition) is 7. The first kappa shape index (κ1) is 20.5. The Morgan fingerprint density at radius 2 is 1.83 bits per heavy atom. The van der Waals surface area contributed by atoms with Gasteiger partial charge in [0.25, 0.3) is 0 Å². The predicted molar refractivity (Wildman–Crippen MR) is 124 cm³/mol. The summed E-state index contributed by atoms with van der Waals surface area (Å²) in [6, 6.07) is 12.1. The fraction of sp³-hybridized carbons (Fsp3) is 0.286. The van der Waals surface area contributed by atoms with Crippen LogP contribution in [-0.4, -0.2) is 38.1 Å². The fourth-order valence-electron chi connectivity index (χ4n) is 3.09. The molecule has 1 aliphatic heterocycles. The van der Waals surface area contributed by atoms with E-state index in [0.29, 0.717) is 22.8 Å². The molecule has 1 aliphatic rings. The smallest absolute Gasteiger partial charge is 0.232 e. The number of nitrogens with zero attached hydrogens (tertiary/aromatic N) is 5. The molecule has 4 rings (SSSR count). The van der Waals surface area contributed by atoms with Crippen LogP contribution in [-0.2, 0) is 6.54 Å². The Hall–Kier alpha value is -2.78. The summed E-state index contributed by atoms with van der Waals surface area (Å²) in [6.45, 7) is 4.71. The van der Waals surface area contributed by atoms with Gasteiger partial charge in [-0.15, -0.1) is 0 Å². The summed E-state index contributed by atoms with van der Waals surface area (Å²) in [5, 5.41) is 8.27. The number of rotatable bonds is 6. The first-order chi connectivity index (χ1) is 14.7. The number of nitrogens with one attached hydrogen (secondary N) is 2. The zero-order valence-corrected chi connectivity index (χ0v) is 18.3. The number of thiocarbonyl (C=S) groups is 1. The molecule has 9 heteroatoms. The van der Waals surface area contributed by atoms with E-state index in [1.54, 1.807) is 18.5 Å². The van der Waals surface area contributed by atoms with E-state index in [1.165, 1.54) is 30.2 Å². The van der Waals surface area contributed by atoms with Gasteiger partial charge < -0.3 is 15.5 Å². The largest absolute Gasteiger partial charge is 0.358 e. The molecule has 0 amide bonds. The van der Waals surface area contributed by atoms with Crippen molar-refractivity contribution in [3.63, 3.8) is 0 Å². The maximum absolute atomic E-state index is 5.46. The van der Waals surface area contributed by atoms with Crippen molar-refractivity contribution in [1.29, 1.82) is 0 Å². The molecule has 0 saturated carbocycles. The van der Waals surface area contributed by atoms with E-state index in [-0.39, 0.29) is 0 Å². The van der Waals surface area contributed by atoms with Crippen molar-refractivity contribution in [1.82, 2.24) is 25.3 Å². The summed E-state index contributed by atoms with van der Waals surface area (Å²) >= 11 is 6.87. The van der Waals surface area contributed by atoms with Crippen molar-refractivity contribution in [3.05, 3.63) is 59.9 Å². The lowest BCUT2D eigenvalue weighted by atomic mass is 10.1. The molecule has 2 N–H and O–H groups in total. The minimum atomic E-state index is 0.472. The Morgan fingerprint density at radius 1 is 1.10 bits per heavy atom. The zero-order valence-electron chi connectivity index (χ0n) is 16.7. The normalized spacial score (nSPS) is 13.3. The topological polar surface area (TPSA) is 78.9 Å². The highest BCUT2D eigenvalue weighted by Crippen LogP contribution is 2.28. The van der Waals surface area contributed by atoms with E-state index in [1.807, 2.05) is 6.07 Å². The third-order valence-corrected chi connectivity index (χ3v) is 5.71. The Labute approximate surface area is 185 Å². The molecule has 0 spiro atoms. The summed E-state index contributed by atoms with van der Waals surface area (Å²) in [5.41, 5.74) is 2.40. The van der Waals surface area contributed by atoms with Gasteiger partial charge in [0, 0.05) is 38.1 Å². The van der Waals surface area contributed by atoms with Crippen LogP contribution in [0.4, 0.5) is 11.8 Å². The molecule has 0 radical (unpaired) electrons. The zero-order chi connectivity index (χ0) is 20.8. The van der Waals surface area contributed by atoms with Gasteiger partial charge in [-0.3, -0.25) is 0 Å². The molecule has 30 heavy (non-hydrogen) atoms. The Morgan fingerprint density at radius 3 is 2.57 bits per heavy atom. The number of anilines is 2. The second-order valence-electron chi connectivity index (χ2n) is 7.01. The lowest BCUT2D eigenvalue weighted by Crippen LogP contribution is -2.29. The van der Waals surface area contributed by atoms with Crippen molar-refractivity contribution in [2.45, 2.75) is 36.5 Å². The van der Waals surface area contributed by atoms with Crippen molar-refractivity contribution >= 4 is 40.9 Å². The van der Waals surface area contributed by atoms with Crippen LogP contribution in [0.1, 0.15) is 24.0 Å². The Kier molecular flexibility index (Phi) is 6.70. The number of benzene rings is 1. The third-order valence-electron chi connectivity index (χ3n) is 4.66. The molecule has 0 unspecified atom stereocenters. The number of hydrogen-bond donors (Lipinski definition) is 2. The maximum Gasteiger partial charge on any atom is 0.232 e. The first-order valence-corrected chi connectivity index (χ1v) is 11.1. The van der Waals surface area contributed by atoms with Gasteiger partial charge in [-0.1, -0.05) is 29.8 Å². The van der Waals surface area contributed by atoms with Crippen molar-refractivity contribution in [3.8, 4) is 0 Å². The highest BCUT2D eigenvalue weighted by Gasteiger charge is 2.17. The highest BCUT2D eigenvalue weighted by atomic mass is 32.2. The SMILES string of the molecule is Cc1ccc(CNC(=S)Nc2nc(Sc3ncccn3)cc(N3CCCC3)n2)cc1. The van der Waals surface area contributed by atoms with E-state index >= 15 is 0 Å².